The minimum Gasteiger partial charge on any atom is -0.322 e. The van der Waals surface area contributed by atoms with E-state index in [-0.39, 0.29) is 10.8 Å². The van der Waals surface area contributed by atoms with Gasteiger partial charge in [-0.2, -0.15) is 4.31 Å². The van der Waals surface area contributed by atoms with Crippen molar-refractivity contribution in [1.82, 2.24) is 9.21 Å². The van der Waals surface area contributed by atoms with Gasteiger partial charge in [-0.15, -0.1) is 0 Å². The van der Waals surface area contributed by atoms with Crippen molar-refractivity contribution in [2.24, 2.45) is 0 Å². The van der Waals surface area contributed by atoms with E-state index in [9.17, 15) is 13.2 Å². The number of hydrogen-bond donors (Lipinski definition) is 1. The average molecular weight is 388 g/mol. The zero-order valence-electron chi connectivity index (χ0n) is 15.7. The van der Waals surface area contributed by atoms with E-state index >= 15 is 0 Å². The van der Waals surface area contributed by atoms with E-state index in [1.165, 1.54) is 10.4 Å². The summed E-state index contributed by atoms with van der Waals surface area (Å²) >= 11 is 0. The van der Waals surface area contributed by atoms with Crippen LogP contribution in [0.4, 0.5) is 5.69 Å². The van der Waals surface area contributed by atoms with Crippen LogP contribution in [-0.4, -0.2) is 56.3 Å². The van der Waals surface area contributed by atoms with Crippen molar-refractivity contribution in [3.63, 3.8) is 0 Å². The molecule has 0 aliphatic carbocycles. The number of aryl methyl sites for hydroxylation is 1. The van der Waals surface area contributed by atoms with Gasteiger partial charge in [0, 0.05) is 37.4 Å². The SMILES string of the molecule is CCN1CCN(S(=O)(=O)c2cccc(NC(=O)c3cccc(C)c3)c2)CC1. The Bertz CT molecular complexity index is 920. The van der Waals surface area contributed by atoms with Gasteiger partial charge >= 0.3 is 0 Å². The molecule has 0 radical (unpaired) electrons. The first-order valence-electron chi connectivity index (χ1n) is 9.11. The van der Waals surface area contributed by atoms with E-state index < -0.39 is 10.0 Å². The highest BCUT2D eigenvalue weighted by Crippen LogP contribution is 2.21. The molecule has 7 heteroatoms. The van der Waals surface area contributed by atoms with Crippen molar-refractivity contribution in [2.45, 2.75) is 18.7 Å². The highest BCUT2D eigenvalue weighted by molar-refractivity contribution is 7.89. The Kier molecular flexibility index (Phi) is 5.94. The van der Waals surface area contributed by atoms with E-state index in [1.54, 1.807) is 30.3 Å². The number of sulfonamides is 1. The molecular weight excluding hydrogens is 362 g/mol. The summed E-state index contributed by atoms with van der Waals surface area (Å²) in [7, 11) is -3.57. The van der Waals surface area contributed by atoms with Crippen LogP contribution >= 0.6 is 0 Å². The number of nitrogens with one attached hydrogen (secondary N) is 1. The number of carbonyl (C=O) groups excluding carboxylic acids is 1. The Morgan fingerprint density at radius 3 is 2.41 bits per heavy atom. The van der Waals surface area contributed by atoms with Gasteiger partial charge in [-0.05, 0) is 43.8 Å². The topological polar surface area (TPSA) is 69.7 Å². The molecule has 0 spiro atoms. The molecule has 2 aromatic carbocycles. The van der Waals surface area contributed by atoms with Crippen LogP contribution in [0.3, 0.4) is 0 Å². The molecule has 1 heterocycles. The maximum atomic E-state index is 12.9. The first kappa shape index (κ1) is 19.5. The Morgan fingerprint density at radius 2 is 1.74 bits per heavy atom. The lowest BCUT2D eigenvalue weighted by molar-refractivity contribution is 0.102. The van der Waals surface area contributed by atoms with Gasteiger partial charge in [-0.3, -0.25) is 4.79 Å². The number of rotatable bonds is 5. The molecule has 0 bridgehead atoms. The van der Waals surface area contributed by atoms with Crippen LogP contribution in [0.15, 0.2) is 53.4 Å². The first-order chi connectivity index (χ1) is 12.9. The lowest BCUT2D eigenvalue weighted by Gasteiger charge is -2.33. The number of anilines is 1. The third-order valence-corrected chi connectivity index (χ3v) is 6.68. The van der Waals surface area contributed by atoms with Gasteiger partial charge in [0.1, 0.15) is 0 Å². The maximum Gasteiger partial charge on any atom is 0.255 e. The monoisotopic (exact) mass is 387 g/mol. The lowest BCUT2D eigenvalue weighted by Crippen LogP contribution is -2.48. The highest BCUT2D eigenvalue weighted by Gasteiger charge is 2.28. The largest absolute Gasteiger partial charge is 0.322 e. The average Bonchev–Trinajstić information content (AvgIpc) is 2.68. The molecule has 0 saturated carbocycles. The number of amides is 1. The maximum absolute atomic E-state index is 12.9. The number of likely N-dealkylation sites (N-methyl/N-ethyl adjacent to an activating group) is 1. The van der Waals surface area contributed by atoms with Crippen LogP contribution in [0.25, 0.3) is 0 Å². The standard InChI is InChI=1S/C20H25N3O3S/c1-3-22-10-12-23(13-11-22)27(25,26)19-9-5-8-18(15-19)21-20(24)17-7-4-6-16(2)14-17/h4-9,14-15H,3,10-13H2,1-2H3,(H,21,24). The van der Waals surface area contributed by atoms with E-state index in [1.807, 2.05) is 19.1 Å². The van der Waals surface area contributed by atoms with Crippen molar-refractivity contribution < 1.29 is 13.2 Å². The zero-order chi connectivity index (χ0) is 19.4. The Morgan fingerprint density at radius 1 is 1.04 bits per heavy atom. The molecule has 0 atom stereocenters. The number of nitrogens with zero attached hydrogens (tertiary/aromatic N) is 2. The summed E-state index contributed by atoms with van der Waals surface area (Å²) in [6, 6.07) is 13.7. The summed E-state index contributed by atoms with van der Waals surface area (Å²) in [4.78, 5) is 14.9. The molecule has 0 unspecified atom stereocenters. The molecule has 6 nitrogen and oxygen atoms in total. The molecule has 2 aromatic rings. The predicted molar refractivity (Wildman–Crippen MR) is 106 cm³/mol. The van der Waals surface area contributed by atoms with Gasteiger partial charge < -0.3 is 10.2 Å². The predicted octanol–water partition coefficient (Wildman–Crippen LogP) is 2.57. The smallest absolute Gasteiger partial charge is 0.255 e. The van der Waals surface area contributed by atoms with E-state index in [4.69, 9.17) is 0 Å². The van der Waals surface area contributed by atoms with Crippen LogP contribution in [0.1, 0.15) is 22.8 Å². The highest BCUT2D eigenvalue weighted by atomic mass is 32.2. The number of hydrogen-bond acceptors (Lipinski definition) is 4. The van der Waals surface area contributed by atoms with Gasteiger partial charge in [-0.1, -0.05) is 30.7 Å². The van der Waals surface area contributed by atoms with Crippen molar-refractivity contribution in [3.8, 4) is 0 Å². The zero-order valence-corrected chi connectivity index (χ0v) is 16.5. The molecule has 1 N–H and O–H groups in total. The van der Waals surface area contributed by atoms with Crippen LogP contribution < -0.4 is 5.32 Å². The summed E-state index contributed by atoms with van der Waals surface area (Å²) < 4.78 is 27.4. The van der Waals surface area contributed by atoms with Gasteiger partial charge in [0.2, 0.25) is 10.0 Å². The summed E-state index contributed by atoms with van der Waals surface area (Å²) in [6.07, 6.45) is 0. The molecule has 3 rings (SSSR count). The van der Waals surface area contributed by atoms with Crippen LogP contribution in [0.5, 0.6) is 0 Å². The van der Waals surface area contributed by atoms with Crippen molar-refractivity contribution in [1.29, 1.82) is 0 Å². The molecule has 1 saturated heterocycles. The second kappa shape index (κ2) is 8.21. The fourth-order valence-electron chi connectivity index (χ4n) is 3.16. The minimum atomic E-state index is -3.57. The van der Waals surface area contributed by atoms with Crippen LogP contribution in [0, 0.1) is 6.92 Å². The van der Waals surface area contributed by atoms with Gasteiger partial charge in [-0.25, -0.2) is 8.42 Å². The first-order valence-corrected chi connectivity index (χ1v) is 10.5. The summed E-state index contributed by atoms with van der Waals surface area (Å²) in [6.45, 7) is 7.35. The van der Waals surface area contributed by atoms with E-state index in [0.29, 0.717) is 24.3 Å². The third kappa shape index (κ3) is 4.55. The molecular formula is C20H25N3O3S. The Balaban J connectivity index is 1.76. The van der Waals surface area contributed by atoms with E-state index in [0.717, 1.165) is 25.2 Å². The number of piperazine rings is 1. The Labute approximate surface area is 160 Å². The van der Waals surface area contributed by atoms with Gasteiger partial charge in [0.05, 0.1) is 4.90 Å². The third-order valence-electron chi connectivity index (χ3n) is 4.79. The molecule has 27 heavy (non-hydrogen) atoms. The van der Waals surface area contributed by atoms with Crippen molar-refractivity contribution in [3.05, 3.63) is 59.7 Å². The summed E-state index contributed by atoms with van der Waals surface area (Å²) in [5.41, 5.74) is 2.00. The molecule has 144 valence electrons. The molecule has 1 amide bonds. The second-order valence-electron chi connectivity index (χ2n) is 6.69. The molecule has 1 aliphatic rings. The minimum absolute atomic E-state index is 0.203. The molecule has 1 fully saturated rings. The van der Waals surface area contributed by atoms with Gasteiger partial charge in [0.25, 0.3) is 5.91 Å². The van der Waals surface area contributed by atoms with Gasteiger partial charge in [0.15, 0.2) is 0 Å². The lowest BCUT2D eigenvalue weighted by atomic mass is 10.1. The quantitative estimate of drug-likeness (QED) is 0.856. The van der Waals surface area contributed by atoms with Crippen LogP contribution in [0.2, 0.25) is 0 Å². The van der Waals surface area contributed by atoms with Crippen LogP contribution in [-0.2, 0) is 10.0 Å². The summed E-state index contributed by atoms with van der Waals surface area (Å²) in [5.74, 6) is -0.259. The molecule has 1 aliphatic heterocycles. The normalized spacial score (nSPS) is 16.2. The second-order valence-corrected chi connectivity index (χ2v) is 8.63. The fourth-order valence-corrected chi connectivity index (χ4v) is 4.63. The van der Waals surface area contributed by atoms with E-state index in [2.05, 4.69) is 17.1 Å². The van der Waals surface area contributed by atoms with Crippen molar-refractivity contribution >= 4 is 21.6 Å². The summed E-state index contributed by atoms with van der Waals surface area (Å²) in [5, 5.41) is 2.79. The number of benzene rings is 2. The molecule has 0 aromatic heterocycles. The number of carbonyl (C=O) groups is 1. The fraction of sp³-hybridized carbons (Fsp3) is 0.350. The Hall–Kier alpha value is -2.22. The van der Waals surface area contributed by atoms with Crippen molar-refractivity contribution in [2.75, 3.05) is 38.0 Å².